The van der Waals surface area contributed by atoms with Gasteiger partial charge in [-0.1, -0.05) is 12.1 Å². The zero-order valence-corrected chi connectivity index (χ0v) is 14.2. The van der Waals surface area contributed by atoms with Gasteiger partial charge in [0.05, 0.1) is 6.54 Å². The van der Waals surface area contributed by atoms with Crippen molar-refractivity contribution in [3.63, 3.8) is 0 Å². The second-order valence-electron chi connectivity index (χ2n) is 6.42. The molecule has 1 heterocycles. The molecule has 130 valence electrons. The van der Waals surface area contributed by atoms with Crippen LogP contribution in [-0.4, -0.2) is 28.1 Å². The minimum absolute atomic E-state index is 0.222. The SMILES string of the molecule is Cc1cccc(Nc2nc(NCC(=N)CC3CC3)ncc2C(N)=O)c1. The molecule has 0 atom stereocenters. The Morgan fingerprint density at radius 3 is 2.88 bits per heavy atom. The van der Waals surface area contributed by atoms with Crippen LogP contribution in [-0.2, 0) is 0 Å². The van der Waals surface area contributed by atoms with E-state index in [4.69, 9.17) is 11.1 Å². The van der Waals surface area contributed by atoms with Gasteiger partial charge in [0.15, 0.2) is 0 Å². The van der Waals surface area contributed by atoms with Crippen LogP contribution in [0.3, 0.4) is 0 Å². The zero-order chi connectivity index (χ0) is 17.8. The average molecular weight is 338 g/mol. The van der Waals surface area contributed by atoms with E-state index in [1.165, 1.54) is 19.0 Å². The summed E-state index contributed by atoms with van der Waals surface area (Å²) in [5, 5.41) is 14.1. The molecule has 1 aromatic heterocycles. The molecule has 0 saturated heterocycles. The summed E-state index contributed by atoms with van der Waals surface area (Å²) in [5.41, 5.74) is 8.18. The molecule has 1 saturated carbocycles. The number of carbonyl (C=O) groups is 1. The third kappa shape index (κ3) is 4.76. The first-order valence-electron chi connectivity index (χ1n) is 8.32. The highest BCUT2D eigenvalue weighted by molar-refractivity contribution is 5.98. The Bertz CT molecular complexity index is 800. The third-order valence-electron chi connectivity index (χ3n) is 4.03. The number of anilines is 3. The number of rotatable bonds is 8. The Morgan fingerprint density at radius 2 is 2.20 bits per heavy atom. The van der Waals surface area contributed by atoms with Crippen LogP contribution in [0, 0.1) is 18.3 Å². The van der Waals surface area contributed by atoms with E-state index in [2.05, 4.69) is 20.6 Å². The van der Waals surface area contributed by atoms with Crippen LogP contribution in [0.4, 0.5) is 17.5 Å². The van der Waals surface area contributed by atoms with Gasteiger partial charge in [0.25, 0.3) is 5.91 Å². The lowest BCUT2D eigenvalue weighted by atomic mass is 10.2. The molecule has 1 fully saturated rings. The first-order chi connectivity index (χ1) is 12.0. The normalized spacial score (nSPS) is 13.3. The Hall–Kier alpha value is -2.96. The minimum Gasteiger partial charge on any atom is -0.365 e. The van der Waals surface area contributed by atoms with Crippen molar-refractivity contribution in [2.75, 3.05) is 17.2 Å². The van der Waals surface area contributed by atoms with E-state index < -0.39 is 5.91 Å². The molecular weight excluding hydrogens is 316 g/mol. The number of benzene rings is 1. The maximum atomic E-state index is 11.6. The monoisotopic (exact) mass is 338 g/mol. The number of nitrogens with one attached hydrogen (secondary N) is 3. The van der Waals surface area contributed by atoms with E-state index in [1.54, 1.807) is 0 Å². The van der Waals surface area contributed by atoms with Crippen molar-refractivity contribution in [3.8, 4) is 0 Å². The van der Waals surface area contributed by atoms with Crippen LogP contribution in [0.25, 0.3) is 0 Å². The molecule has 1 aliphatic rings. The summed E-state index contributed by atoms with van der Waals surface area (Å²) in [6, 6.07) is 7.74. The van der Waals surface area contributed by atoms with Crippen LogP contribution in [0.1, 0.15) is 35.2 Å². The van der Waals surface area contributed by atoms with E-state index in [9.17, 15) is 4.79 Å². The Balaban J connectivity index is 1.74. The fourth-order valence-electron chi connectivity index (χ4n) is 2.53. The molecule has 7 heteroatoms. The summed E-state index contributed by atoms with van der Waals surface area (Å²) < 4.78 is 0. The molecule has 0 spiro atoms. The van der Waals surface area contributed by atoms with Crippen LogP contribution in [0.2, 0.25) is 0 Å². The molecule has 1 aliphatic carbocycles. The van der Waals surface area contributed by atoms with Crippen LogP contribution in [0.5, 0.6) is 0 Å². The van der Waals surface area contributed by atoms with Gasteiger partial charge >= 0.3 is 0 Å². The number of aromatic nitrogens is 2. The lowest BCUT2D eigenvalue weighted by molar-refractivity contribution is 0.100. The largest absolute Gasteiger partial charge is 0.365 e. The first kappa shape index (κ1) is 16.9. The second-order valence-corrected chi connectivity index (χ2v) is 6.42. The molecule has 0 aliphatic heterocycles. The number of amides is 1. The van der Waals surface area contributed by atoms with E-state index in [1.807, 2.05) is 31.2 Å². The molecule has 0 radical (unpaired) electrons. The van der Waals surface area contributed by atoms with Crippen molar-refractivity contribution in [2.45, 2.75) is 26.2 Å². The topological polar surface area (TPSA) is 117 Å². The van der Waals surface area contributed by atoms with Crippen molar-refractivity contribution >= 4 is 29.1 Å². The van der Waals surface area contributed by atoms with E-state index in [0.717, 1.165) is 17.7 Å². The number of nitrogens with two attached hydrogens (primary N) is 1. The van der Waals surface area contributed by atoms with Gasteiger partial charge in [0.1, 0.15) is 11.4 Å². The Morgan fingerprint density at radius 1 is 1.40 bits per heavy atom. The summed E-state index contributed by atoms with van der Waals surface area (Å²) in [5.74, 6) is 0.791. The maximum absolute atomic E-state index is 11.6. The van der Waals surface area contributed by atoms with Gasteiger partial charge in [-0.05, 0) is 49.8 Å². The van der Waals surface area contributed by atoms with Gasteiger partial charge in [0.2, 0.25) is 5.95 Å². The lowest BCUT2D eigenvalue weighted by Crippen LogP contribution is -2.18. The van der Waals surface area contributed by atoms with Gasteiger partial charge in [-0.2, -0.15) is 4.98 Å². The number of hydrogen-bond donors (Lipinski definition) is 4. The Labute approximate surface area is 146 Å². The maximum Gasteiger partial charge on any atom is 0.254 e. The molecule has 2 aromatic rings. The van der Waals surface area contributed by atoms with Crippen molar-refractivity contribution in [1.82, 2.24) is 9.97 Å². The zero-order valence-electron chi connectivity index (χ0n) is 14.2. The molecule has 0 unspecified atom stereocenters. The van der Waals surface area contributed by atoms with E-state index in [-0.39, 0.29) is 5.56 Å². The quantitative estimate of drug-likeness (QED) is 0.552. The average Bonchev–Trinajstić information content (AvgIpc) is 3.37. The molecule has 1 aromatic carbocycles. The molecule has 1 amide bonds. The fraction of sp³-hybridized carbons (Fsp3) is 0.333. The number of carbonyl (C=O) groups excluding carboxylic acids is 1. The van der Waals surface area contributed by atoms with Crippen molar-refractivity contribution in [3.05, 3.63) is 41.6 Å². The van der Waals surface area contributed by atoms with Crippen LogP contribution in [0.15, 0.2) is 30.5 Å². The van der Waals surface area contributed by atoms with Crippen LogP contribution < -0.4 is 16.4 Å². The second kappa shape index (κ2) is 7.29. The fourth-order valence-corrected chi connectivity index (χ4v) is 2.53. The lowest BCUT2D eigenvalue weighted by Gasteiger charge is -2.12. The highest BCUT2D eigenvalue weighted by Crippen LogP contribution is 2.32. The van der Waals surface area contributed by atoms with Crippen molar-refractivity contribution < 1.29 is 4.79 Å². The first-order valence-corrected chi connectivity index (χ1v) is 8.32. The Kier molecular flexibility index (Phi) is 4.92. The summed E-state index contributed by atoms with van der Waals surface area (Å²) in [7, 11) is 0. The number of primary amides is 1. The minimum atomic E-state index is -0.594. The summed E-state index contributed by atoms with van der Waals surface area (Å²) in [6.07, 6.45) is 4.66. The molecule has 5 N–H and O–H groups in total. The van der Waals surface area contributed by atoms with Gasteiger partial charge < -0.3 is 21.8 Å². The van der Waals surface area contributed by atoms with Gasteiger partial charge in [-0.25, -0.2) is 4.98 Å². The molecule has 0 bridgehead atoms. The molecule has 7 nitrogen and oxygen atoms in total. The summed E-state index contributed by atoms with van der Waals surface area (Å²) in [4.78, 5) is 20.1. The highest BCUT2D eigenvalue weighted by Gasteiger charge is 2.22. The highest BCUT2D eigenvalue weighted by atomic mass is 16.1. The summed E-state index contributed by atoms with van der Waals surface area (Å²) >= 11 is 0. The van der Waals surface area contributed by atoms with Gasteiger partial charge in [-0.15, -0.1) is 0 Å². The molecule has 3 rings (SSSR count). The summed E-state index contributed by atoms with van der Waals surface area (Å²) in [6.45, 7) is 2.38. The number of hydrogen-bond acceptors (Lipinski definition) is 6. The van der Waals surface area contributed by atoms with E-state index in [0.29, 0.717) is 29.9 Å². The molecule has 25 heavy (non-hydrogen) atoms. The smallest absolute Gasteiger partial charge is 0.254 e. The van der Waals surface area contributed by atoms with E-state index >= 15 is 0 Å². The molecular formula is C18H22N6O. The standard InChI is InChI=1S/C18H22N6O/c1-11-3-2-4-14(7-11)23-17-15(16(20)25)10-22-18(24-17)21-9-13(19)8-12-5-6-12/h2-4,7,10,12,19H,5-6,8-9H2,1H3,(H2,20,25)(H2,21,22,23,24). The predicted octanol–water partition coefficient (Wildman–Crippen LogP) is 2.86. The van der Waals surface area contributed by atoms with Gasteiger partial charge in [0, 0.05) is 17.6 Å². The third-order valence-corrected chi connectivity index (χ3v) is 4.03. The number of nitrogens with zero attached hydrogens (tertiary/aromatic N) is 2. The van der Waals surface area contributed by atoms with Crippen molar-refractivity contribution in [2.24, 2.45) is 11.7 Å². The van der Waals surface area contributed by atoms with Crippen LogP contribution >= 0.6 is 0 Å². The number of aryl methyl sites for hydroxylation is 1. The predicted molar refractivity (Wildman–Crippen MR) is 98.6 cm³/mol. The van der Waals surface area contributed by atoms with Gasteiger partial charge in [-0.3, -0.25) is 4.79 Å². The van der Waals surface area contributed by atoms with Crippen molar-refractivity contribution in [1.29, 1.82) is 5.41 Å².